The fraction of sp³-hybridized carbons (Fsp3) is 0.600. The van der Waals surface area contributed by atoms with Gasteiger partial charge in [0.05, 0.1) is 0 Å². The topological polar surface area (TPSA) is 12.0 Å². The van der Waals surface area contributed by atoms with Crippen molar-refractivity contribution in [3.63, 3.8) is 0 Å². The Morgan fingerprint density at radius 1 is 1.12 bits per heavy atom. The van der Waals surface area contributed by atoms with Crippen LogP contribution in [0.15, 0.2) is 28.7 Å². The molecule has 0 saturated heterocycles. The van der Waals surface area contributed by atoms with Crippen molar-refractivity contribution in [2.75, 3.05) is 0 Å². The molecule has 0 bridgehead atoms. The highest BCUT2D eigenvalue weighted by Crippen LogP contribution is 2.45. The molecule has 0 spiro atoms. The van der Waals surface area contributed by atoms with Gasteiger partial charge < -0.3 is 5.32 Å². The summed E-state index contributed by atoms with van der Waals surface area (Å²) in [6, 6.07) is 9.80. The molecule has 2 aliphatic rings. The lowest BCUT2D eigenvalue weighted by Gasteiger charge is -2.24. The van der Waals surface area contributed by atoms with E-state index in [4.69, 9.17) is 0 Å². The predicted octanol–water partition coefficient (Wildman–Crippen LogP) is 4.29. The summed E-state index contributed by atoms with van der Waals surface area (Å²) in [5, 5.41) is 3.87. The first kappa shape index (κ1) is 11.7. The molecule has 0 aromatic heterocycles. The van der Waals surface area contributed by atoms with Crippen LogP contribution < -0.4 is 5.32 Å². The van der Waals surface area contributed by atoms with Crippen molar-refractivity contribution in [3.8, 4) is 0 Å². The van der Waals surface area contributed by atoms with Crippen molar-refractivity contribution in [1.29, 1.82) is 0 Å². The third-order valence-corrected chi connectivity index (χ3v) is 4.80. The summed E-state index contributed by atoms with van der Waals surface area (Å²) in [5.41, 5.74) is 1.39. The monoisotopic (exact) mass is 293 g/mol. The molecule has 1 nitrogen and oxygen atoms in total. The second-order valence-electron chi connectivity index (χ2n) is 5.61. The predicted molar refractivity (Wildman–Crippen MR) is 74.9 cm³/mol. The number of rotatable bonds is 5. The molecule has 2 fully saturated rings. The van der Waals surface area contributed by atoms with E-state index in [0.29, 0.717) is 6.04 Å². The van der Waals surface area contributed by atoms with Gasteiger partial charge in [0.1, 0.15) is 0 Å². The summed E-state index contributed by atoms with van der Waals surface area (Å²) in [6.45, 7) is 2.29. The number of hydrogen-bond acceptors (Lipinski definition) is 1. The molecule has 1 N–H and O–H groups in total. The van der Waals surface area contributed by atoms with Crippen LogP contribution in [0.2, 0.25) is 0 Å². The lowest BCUT2D eigenvalue weighted by molar-refractivity contribution is 0.377. The van der Waals surface area contributed by atoms with Crippen molar-refractivity contribution < 1.29 is 0 Å². The van der Waals surface area contributed by atoms with Gasteiger partial charge in [-0.25, -0.2) is 0 Å². The molecule has 0 heterocycles. The number of benzene rings is 1. The summed E-state index contributed by atoms with van der Waals surface area (Å²) in [5.74, 6) is 1.93. The standard InChI is InChI=1S/C15H20BrN/c1-10(13-4-2-3-5-14(13)16)17-15(11-6-7-11)12-8-9-12/h2-5,10-12,15,17H,6-9H2,1H3. The Morgan fingerprint density at radius 2 is 1.71 bits per heavy atom. The zero-order valence-electron chi connectivity index (χ0n) is 10.3. The zero-order chi connectivity index (χ0) is 11.8. The van der Waals surface area contributed by atoms with Crippen LogP contribution in [0.4, 0.5) is 0 Å². The first-order valence-corrected chi connectivity index (χ1v) is 7.55. The zero-order valence-corrected chi connectivity index (χ0v) is 11.9. The maximum atomic E-state index is 3.87. The van der Waals surface area contributed by atoms with Crippen LogP contribution in [0.25, 0.3) is 0 Å². The molecule has 0 radical (unpaired) electrons. The molecular formula is C15H20BrN. The minimum atomic E-state index is 0.455. The first-order chi connectivity index (χ1) is 8.25. The molecule has 92 valence electrons. The van der Waals surface area contributed by atoms with E-state index in [1.54, 1.807) is 0 Å². The van der Waals surface area contributed by atoms with Crippen LogP contribution in [0.1, 0.15) is 44.2 Å². The Kier molecular flexibility index (Phi) is 3.27. The normalized spacial score (nSPS) is 21.8. The lowest BCUT2D eigenvalue weighted by atomic mass is 10.0. The number of nitrogens with one attached hydrogen (secondary N) is 1. The molecular weight excluding hydrogens is 274 g/mol. The average molecular weight is 294 g/mol. The number of halogens is 1. The Hall–Kier alpha value is -0.340. The van der Waals surface area contributed by atoms with Gasteiger partial charge in [0.25, 0.3) is 0 Å². The molecule has 3 rings (SSSR count). The molecule has 2 aliphatic carbocycles. The van der Waals surface area contributed by atoms with E-state index < -0.39 is 0 Å². The molecule has 1 atom stereocenters. The molecule has 0 aliphatic heterocycles. The summed E-state index contributed by atoms with van der Waals surface area (Å²) >= 11 is 3.65. The van der Waals surface area contributed by atoms with E-state index in [-0.39, 0.29) is 0 Å². The Morgan fingerprint density at radius 3 is 2.24 bits per heavy atom. The van der Waals surface area contributed by atoms with E-state index in [2.05, 4.69) is 52.4 Å². The van der Waals surface area contributed by atoms with E-state index in [1.807, 2.05) is 0 Å². The van der Waals surface area contributed by atoms with E-state index in [1.165, 1.54) is 35.7 Å². The van der Waals surface area contributed by atoms with Crippen LogP contribution in [0, 0.1) is 11.8 Å². The SMILES string of the molecule is CC(NC(C1CC1)C1CC1)c1ccccc1Br. The second-order valence-corrected chi connectivity index (χ2v) is 6.46. The fourth-order valence-electron chi connectivity index (χ4n) is 2.77. The fourth-order valence-corrected chi connectivity index (χ4v) is 3.40. The molecule has 1 aromatic rings. The molecule has 1 unspecified atom stereocenters. The smallest absolute Gasteiger partial charge is 0.0305 e. The summed E-state index contributed by atoms with van der Waals surface area (Å²) in [6.07, 6.45) is 5.77. The van der Waals surface area contributed by atoms with Gasteiger partial charge in [-0.1, -0.05) is 34.1 Å². The lowest BCUT2D eigenvalue weighted by Crippen LogP contribution is -2.35. The van der Waals surface area contributed by atoms with Crippen LogP contribution in [-0.4, -0.2) is 6.04 Å². The van der Waals surface area contributed by atoms with Crippen molar-refractivity contribution in [3.05, 3.63) is 34.3 Å². The van der Waals surface area contributed by atoms with E-state index in [0.717, 1.165) is 17.9 Å². The summed E-state index contributed by atoms with van der Waals surface area (Å²) in [4.78, 5) is 0. The molecule has 1 aromatic carbocycles. The van der Waals surface area contributed by atoms with Crippen molar-refractivity contribution in [2.45, 2.75) is 44.7 Å². The summed E-state index contributed by atoms with van der Waals surface area (Å²) < 4.78 is 1.23. The van der Waals surface area contributed by atoms with Gasteiger partial charge in [-0.15, -0.1) is 0 Å². The average Bonchev–Trinajstić information content (AvgIpc) is 3.16. The van der Waals surface area contributed by atoms with Crippen molar-refractivity contribution in [1.82, 2.24) is 5.32 Å². The van der Waals surface area contributed by atoms with E-state index >= 15 is 0 Å². The van der Waals surface area contributed by atoms with Crippen LogP contribution in [0.3, 0.4) is 0 Å². The molecule has 0 amide bonds. The molecule has 2 heteroatoms. The van der Waals surface area contributed by atoms with Crippen LogP contribution in [0.5, 0.6) is 0 Å². The minimum absolute atomic E-state index is 0.455. The van der Waals surface area contributed by atoms with Gasteiger partial charge in [0, 0.05) is 16.6 Å². The van der Waals surface area contributed by atoms with Crippen LogP contribution in [-0.2, 0) is 0 Å². The second kappa shape index (κ2) is 4.74. The maximum Gasteiger partial charge on any atom is 0.0305 e. The van der Waals surface area contributed by atoms with Gasteiger partial charge in [-0.05, 0) is 56.1 Å². The van der Waals surface area contributed by atoms with Crippen molar-refractivity contribution in [2.24, 2.45) is 11.8 Å². The van der Waals surface area contributed by atoms with Gasteiger partial charge >= 0.3 is 0 Å². The van der Waals surface area contributed by atoms with Crippen LogP contribution >= 0.6 is 15.9 Å². The number of hydrogen-bond donors (Lipinski definition) is 1. The highest BCUT2D eigenvalue weighted by molar-refractivity contribution is 9.10. The van der Waals surface area contributed by atoms with Gasteiger partial charge in [-0.2, -0.15) is 0 Å². The largest absolute Gasteiger partial charge is 0.307 e. The third kappa shape index (κ3) is 2.74. The highest BCUT2D eigenvalue weighted by Gasteiger charge is 2.41. The van der Waals surface area contributed by atoms with Gasteiger partial charge in [0.2, 0.25) is 0 Å². The first-order valence-electron chi connectivity index (χ1n) is 6.76. The van der Waals surface area contributed by atoms with Crippen molar-refractivity contribution >= 4 is 15.9 Å². The Labute approximate surface area is 112 Å². The highest BCUT2D eigenvalue weighted by atomic mass is 79.9. The van der Waals surface area contributed by atoms with Gasteiger partial charge in [0.15, 0.2) is 0 Å². The quantitative estimate of drug-likeness (QED) is 0.854. The van der Waals surface area contributed by atoms with Gasteiger partial charge in [-0.3, -0.25) is 0 Å². The Bertz CT molecular complexity index is 384. The molecule has 17 heavy (non-hydrogen) atoms. The van der Waals surface area contributed by atoms with E-state index in [9.17, 15) is 0 Å². The Balaban J connectivity index is 1.69. The minimum Gasteiger partial charge on any atom is -0.307 e. The summed E-state index contributed by atoms with van der Waals surface area (Å²) in [7, 11) is 0. The third-order valence-electron chi connectivity index (χ3n) is 4.07. The maximum absolute atomic E-state index is 3.87. The molecule has 2 saturated carbocycles.